The molecule has 3 aromatic rings. The van der Waals surface area contributed by atoms with Gasteiger partial charge in [0.15, 0.2) is 0 Å². The van der Waals surface area contributed by atoms with Gasteiger partial charge in [0.05, 0.1) is 16.9 Å². The Morgan fingerprint density at radius 3 is 2.23 bits per heavy atom. The van der Waals surface area contributed by atoms with Crippen molar-refractivity contribution in [2.45, 2.75) is 57.2 Å². The maximum atomic E-state index is 14.3. The summed E-state index contributed by atoms with van der Waals surface area (Å²) in [6.45, 7) is -0.899. The summed E-state index contributed by atoms with van der Waals surface area (Å²) in [6, 6.07) is 18.0. The van der Waals surface area contributed by atoms with Gasteiger partial charge in [-0.1, -0.05) is 84.9 Å². The van der Waals surface area contributed by atoms with Crippen LogP contribution in [0, 0.1) is 10.1 Å². The fraction of sp³-hybridized carbons (Fsp3) is 0.355. The smallest absolute Gasteiger partial charge is 0.271 e. The van der Waals surface area contributed by atoms with Crippen molar-refractivity contribution >= 4 is 56.4 Å². The average Bonchev–Trinajstić information content (AvgIpc) is 2.99. The van der Waals surface area contributed by atoms with Gasteiger partial charge in [-0.25, -0.2) is 8.42 Å². The zero-order valence-corrected chi connectivity index (χ0v) is 26.5. The molecule has 2 amide bonds. The number of nitrogens with zero attached hydrogens (tertiary/aromatic N) is 3. The second kappa shape index (κ2) is 14.9. The van der Waals surface area contributed by atoms with Gasteiger partial charge in [-0.15, -0.1) is 0 Å². The molecule has 234 valence electrons. The number of rotatable bonds is 12. The highest BCUT2D eigenvalue weighted by atomic mass is 35.5. The van der Waals surface area contributed by atoms with Gasteiger partial charge in [0.1, 0.15) is 12.6 Å². The third-order valence-electron chi connectivity index (χ3n) is 7.62. The number of amides is 2. The van der Waals surface area contributed by atoms with E-state index in [9.17, 15) is 28.1 Å². The number of carbonyl (C=O) groups is 2. The molecular weight excluding hydrogens is 627 g/mol. The van der Waals surface area contributed by atoms with E-state index in [1.165, 1.54) is 23.1 Å². The van der Waals surface area contributed by atoms with Crippen molar-refractivity contribution in [2.24, 2.45) is 0 Å². The molecule has 4 rings (SSSR count). The quantitative estimate of drug-likeness (QED) is 0.194. The fourth-order valence-electron chi connectivity index (χ4n) is 5.33. The van der Waals surface area contributed by atoms with Crippen LogP contribution in [0.3, 0.4) is 0 Å². The minimum absolute atomic E-state index is 0.0484. The molecule has 0 saturated heterocycles. The second-order valence-corrected chi connectivity index (χ2v) is 13.5. The molecule has 44 heavy (non-hydrogen) atoms. The first-order chi connectivity index (χ1) is 20.9. The van der Waals surface area contributed by atoms with E-state index in [4.69, 9.17) is 23.2 Å². The molecular formula is C31H34Cl2N4O6S. The molecule has 10 nitrogen and oxygen atoms in total. The van der Waals surface area contributed by atoms with Crippen molar-refractivity contribution in [3.63, 3.8) is 0 Å². The van der Waals surface area contributed by atoms with Crippen LogP contribution in [-0.4, -0.2) is 54.9 Å². The Balaban J connectivity index is 1.77. The Bertz CT molecular complexity index is 1580. The van der Waals surface area contributed by atoms with Crippen LogP contribution >= 0.6 is 23.2 Å². The van der Waals surface area contributed by atoms with Crippen molar-refractivity contribution < 1.29 is 22.9 Å². The normalized spacial score (nSPS) is 14.4. The molecule has 1 aliphatic rings. The van der Waals surface area contributed by atoms with Crippen LogP contribution in [-0.2, 0) is 32.6 Å². The number of benzene rings is 3. The summed E-state index contributed by atoms with van der Waals surface area (Å²) in [4.78, 5) is 40.4. The molecule has 3 aromatic carbocycles. The largest absolute Gasteiger partial charge is 0.352 e. The molecule has 0 bridgehead atoms. The van der Waals surface area contributed by atoms with Crippen LogP contribution in [0.2, 0.25) is 10.0 Å². The van der Waals surface area contributed by atoms with Gasteiger partial charge < -0.3 is 10.2 Å². The molecule has 0 spiro atoms. The van der Waals surface area contributed by atoms with Crippen molar-refractivity contribution in [1.82, 2.24) is 10.2 Å². The standard InChI is InChI=1S/C31H34Cl2N4O6S/c1-44(42,43)36(24-14-8-15-25(19-24)37(40)41)21-30(38)35(20-26-27(32)16-9-17-28(26)33)29(18-22-10-4-2-5-11-22)31(39)34-23-12-6-3-7-13-23/h2,4-5,8-11,14-17,19,23,29H,3,6-7,12-13,18,20-21H2,1H3,(H,34,39)/t29-/m1/s1. The van der Waals surface area contributed by atoms with Gasteiger partial charge in [0, 0.05) is 46.7 Å². The summed E-state index contributed by atoms with van der Waals surface area (Å²) in [5.41, 5.74) is 0.793. The minimum Gasteiger partial charge on any atom is -0.352 e. The van der Waals surface area contributed by atoms with Gasteiger partial charge in [-0.05, 0) is 36.6 Å². The lowest BCUT2D eigenvalue weighted by Gasteiger charge is -2.35. The van der Waals surface area contributed by atoms with E-state index in [0.29, 0.717) is 5.56 Å². The first kappa shape index (κ1) is 33.2. The topological polar surface area (TPSA) is 130 Å². The van der Waals surface area contributed by atoms with Gasteiger partial charge in [-0.2, -0.15) is 0 Å². The first-order valence-electron chi connectivity index (χ1n) is 14.2. The van der Waals surface area contributed by atoms with Crippen molar-refractivity contribution in [1.29, 1.82) is 0 Å². The first-order valence-corrected chi connectivity index (χ1v) is 16.8. The SMILES string of the molecule is CS(=O)(=O)N(CC(=O)N(Cc1c(Cl)cccc1Cl)[C@H](Cc1ccccc1)C(=O)NC1CCCCC1)c1cccc([N+](=O)[O-])c1. The zero-order chi connectivity index (χ0) is 31.9. The zero-order valence-electron chi connectivity index (χ0n) is 24.2. The van der Waals surface area contributed by atoms with Gasteiger partial charge in [0.25, 0.3) is 5.69 Å². The van der Waals surface area contributed by atoms with Crippen LogP contribution in [0.15, 0.2) is 72.8 Å². The second-order valence-electron chi connectivity index (χ2n) is 10.8. The lowest BCUT2D eigenvalue weighted by atomic mass is 9.94. The predicted molar refractivity (Wildman–Crippen MR) is 171 cm³/mol. The molecule has 0 heterocycles. The molecule has 1 atom stereocenters. The van der Waals surface area contributed by atoms with Crippen LogP contribution in [0.4, 0.5) is 11.4 Å². The highest BCUT2D eigenvalue weighted by molar-refractivity contribution is 7.92. The van der Waals surface area contributed by atoms with Gasteiger partial charge in [-0.3, -0.25) is 24.0 Å². The number of anilines is 1. The third-order valence-corrected chi connectivity index (χ3v) is 9.47. The number of nitro benzene ring substituents is 1. The summed E-state index contributed by atoms with van der Waals surface area (Å²) in [6.07, 6.45) is 5.76. The number of nitrogens with one attached hydrogen (secondary N) is 1. The lowest BCUT2D eigenvalue weighted by molar-refractivity contribution is -0.384. The summed E-state index contributed by atoms with van der Waals surface area (Å²) < 4.78 is 26.7. The number of nitro groups is 1. The summed E-state index contributed by atoms with van der Waals surface area (Å²) in [5.74, 6) is -1.09. The maximum absolute atomic E-state index is 14.3. The Morgan fingerprint density at radius 1 is 0.977 bits per heavy atom. The van der Waals surface area contributed by atoms with Crippen molar-refractivity contribution in [3.05, 3.63) is 104 Å². The minimum atomic E-state index is -4.10. The monoisotopic (exact) mass is 660 g/mol. The van der Waals surface area contributed by atoms with Crippen LogP contribution in [0.25, 0.3) is 0 Å². The molecule has 13 heteroatoms. The van der Waals surface area contributed by atoms with Crippen LogP contribution < -0.4 is 9.62 Å². The number of non-ortho nitro benzene ring substituents is 1. The van der Waals surface area contributed by atoms with Crippen LogP contribution in [0.1, 0.15) is 43.2 Å². The number of sulfonamides is 1. The van der Waals surface area contributed by atoms with E-state index in [1.54, 1.807) is 18.2 Å². The molecule has 0 unspecified atom stereocenters. The summed E-state index contributed by atoms with van der Waals surface area (Å²) >= 11 is 13.0. The Kier molecular flexibility index (Phi) is 11.2. The maximum Gasteiger partial charge on any atom is 0.271 e. The highest BCUT2D eigenvalue weighted by Crippen LogP contribution is 2.29. The highest BCUT2D eigenvalue weighted by Gasteiger charge is 2.35. The molecule has 0 aliphatic heterocycles. The van der Waals surface area contributed by atoms with E-state index in [1.807, 2.05) is 30.3 Å². The molecule has 1 N–H and O–H groups in total. The fourth-order valence-corrected chi connectivity index (χ4v) is 6.69. The van der Waals surface area contributed by atoms with Crippen molar-refractivity contribution in [3.8, 4) is 0 Å². The lowest BCUT2D eigenvalue weighted by Crippen LogP contribution is -2.55. The summed E-state index contributed by atoms with van der Waals surface area (Å²) in [5, 5.41) is 15.1. The number of hydrogen-bond acceptors (Lipinski definition) is 6. The predicted octanol–water partition coefficient (Wildman–Crippen LogP) is 5.76. The molecule has 0 aromatic heterocycles. The molecule has 1 aliphatic carbocycles. The Labute approximate surface area is 267 Å². The number of halogens is 2. The number of hydrogen-bond donors (Lipinski definition) is 1. The molecule has 0 radical (unpaired) electrons. The molecule has 1 saturated carbocycles. The summed E-state index contributed by atoms with van der Waals surface area (Å²) in [7, 11) is -4.10. The van der Waals surface area contributed by atoms with Crippen LogP contribution in [0.5, 0.6) is 0 Å². The van der Waals surface area contributed by atoms with E-state index in [2.05, 4.69) is 5.32 Å². The Morgan fingerprint density at radius 2 is 1.61 bits per heavy atom. The third kappa shape index (κ3) is 8.71. The Hall–Kier alpha value is -3.67. The number of carbonyl (C=O) groups excluding carboxylic acids is 2. The van der Waals surface area contributed by atoms with Gasteiger partial charge >= 0.3 is 0 Å². The molecule has 1 fully saturated rings. The van der Waals surface area contributed by atoms with E-state index < -0.39 is 33.4 Å². The van der Waals surface area contributed by atoms with Crippen molar-refractivity contribution in [2.75, 3.05) is 17.1 Å². The van der Waals surface area contributed by atoms with Gasteiger partial charge in [0.2, 0.25) is 21.8 Å². The van der Waals surface area contributed by atoms with E-state index in [0.717, 1.165) is 54.3 Å². The average molecular weight is 662 g/mol. The van der Waals surface area contributed by atoms with E-state index >= 15 is 0 Å². The van der Waals surface area contributed by atoms with E-state index in [-0.39, 0.29) is 46.3 Å².